The molecule has 1 aromatic rings. The van der Waals surface area contributed by atoms with Crippen molar-refractivity contribution in [3.63, 3.8) is 0 Å². The van der Waals surface area contributed by atoms with E-state index in [0.717, 1.165) is 50.3 Å². The maximum atomic E-state index is 12.7. The monoisotopic (exact) mass is 387 g/mol. The predicted octanol–water partition coefficient (Wildman–Crippen LogP) is 2.31. The van der Waals surface area contributed by atoms with Crippen LogP contribution in [0, 0.1) is 6.92 Å². The van der Waals surface area contributed by atoms with Crippen LogP contribution in [-0.4, -0.2) is 78.4 Å². The molecule has 2 amide bonds. The highest BCUT2D eigenvalue weighted by atomic mass is 16.5. The summed E-state index contributed by atoms with van der Waals surface area (Å²) < 4.78 is 5.83. The van der Waals surface area contributed by atoms with Crippen LogP contribution in [0.4, 0.5) is 0 Å². The van der Waals surface area contributed by atoms with Gasteiger partial charge in [0.2, 0.25) is 5.91 Å². The number of likely N-dealkylation sites (tertiary alicyclic amines) is 1. The molecule has 0 spiro atoms. The molecule has 0 bridgehead atoms. The van der Waals surface area contributed by atoms with E-state index >= 15 is 0 Å². The number of carbonyl (C=O) groups is 2. The average molecular weight is 388 g/mol. The van der Waals surface area contributed by atoms with Gasteiger partial charge in [-0.2, -0.15) is 0 Å². The van der Waals surface area contributed by atoms with Crippen LogP contribution in [-0.2, 0) is 9.59 Å². The Labute approximate surface area is 168 Å². The van der Waals surface area contributed by atoms with Crippen molar-refractivity contribution >= 4 is 11.8 Å². The molecule has 1 atom stereocenters. The number of piperazine rings is 1. The van der Waals surface area contributed by atoms with Gasteiger partial charge in [0.1, 0.15) is 5.75 Å². The average Bonchev–Trinajstić information content (AvgIpc) is 2.97. The Kier molecular flexibility index (Phi) is 7.31. The minimum atomic E-state index is -0.507. The maximum Gasteiger partial charge on any atom is 0.263 e. The predicted molar refractivity (Wildman–Crippen MR) is 109 cm³/mol. The smallest absolute Gasteiger partial charge is 0.263 e. The fraction of sp³-hybridized carbons (Fsp3) is 0.636. The molecule has 154 valence electrons. The standard InChI is InChI=1S/C22H33N3O3/c1-18-8-7-9-20(16-18)28-19(2)22(27)25-14-12-23(13-15-25)17-21(26)24-10-5-3-4-6-11-24/h7-9,16,19H,3-6,10-15,17H2,1-2H3. The zero-order chi connectivity index (χ0) is 19.9. The van der Waals surface area contributed by atoms with E-state index < -0.39 is 6.10 Å². The van der Waals surface area contributed by atoms with Crippen LogP contribution in [0.3, 0.4) is 0 Å². The quantitative estimate of drug-likeness (QED) is 0.778. The number of hydrogen-bond acceptors (Lipinski definition) is 4. The van der Waals surface area contributed by atoms with Crippen LogP contribution >= 0.6 is 0 Å². The van der Waals surface area contributed by atoms with Crippen LogP contribution in [0.25, 0.3) is 0 Å². The van der Waals surface area contributed by atoms with Gasteiger partial charge in [-0.25, -0.2) is 0 Å². The van der Waals surface area contributed by atoms with Gasteiger partial charge in [-0.3, -0.25) is 14.5 Å². The molecule has 1 unspecified atom stereocenters. The number of nitrogens with zero attached hydrogens (tertiary/aromatic N) is 3. The van der Waals surface area contributed by atoms with Gasteiger partial charge in [0.25, 0.3) is 5.91 Å². The topological polar surface area (TPSA) is 53.1 Å². The lowest BCUT2D eigenvalue weighted by Crippen LogP contribution is -2.53. The Morgan fingerprint density at radius 3 is 2.29 bits per heavy atom. The van der Waals surface area contributed by atoms with Gasteiger partial charge in [-0.15, -0.1) is 0 Å². The summed E-state index contributed by atoms with van der Waals surface area (Å²) in [5, 5.41) is 0. The lowest BCUT2D eigenvalue weighted by atomic mass is 10.2. The van der Waals surface area contributed by atoms with E-state index in [4.69, 9.17) is 4.74 Å². The summed E-state index contributed by atoms with van der Waals surface area (Å²) in [6.45, 7) is 8.84. The van der Waals surface area contributed by atoms with Crippen molar-refractivity contribution in [3.05, 3.63) is 29.8 Å². The summed E-state index contributed by atoms with van der Waals surface area (Å²) in [5.74, 6) is 0.973. The molecule has 2 heterocycles. The van der Waals surface area contributed by atoms with Crippen molar-refractivity contribution < 1.29 is 14.3 Å². The Hall–Kier alpha value is -2.08. The second-order valence-electron chi connectivity index (χ2n) is 7.97. The van der Waals surface area contributed by atoms with Crippen LogP contribution < -0.4 is 4.74 Å². The summed E-state index contributed by atoms with van der Waals surface area (Å²) in [6.07, 6.45) is 4.19. The second-order valence-corrected chi connectivity index (χ2v) is 7.97. The fourth-order valence-corrected chi connectivity index (χ4v) is 3.94. The summed E-state index contributed by atoms with van der Waals surface area (Å²) >= 11 is 0. The van der Waals surface area contributed by atoms with E-state index in [9.17, 15) is 9.59 Å². The first kappa shape index (κ1) is 20.6. The SMILES string of the molecule is Cc1cccc(OC(C)C(=O)N2CCN(CC(=O)N3CCCCCC3)CC2)c1. The van der Waals surface area contributed by atoms with Crippen LogP contribution in [0.1, 0.15) is 38.2 Å². The minimum Gasteiger partial charge on any atom is -0.481 e. The van der Waals surface area contributed by atoms with Gasteiger partial charge >= 0.3 is 0 Å². The van der Waals surface area contributed by atoms with Crippen LogP contribution in [0.5, 0.6) is 5.75 Å². The molecular formula is C22H33N3O3. The number of aryl methyl sites for hydroxylation is 1. The van der Waals surface area contributed by atoms with Crippen molar-refractivity contribution in [1.82, 2.24) is 14.7 Å². The highest BCUT2D eigenvalue weighted by Crippen LogP contribution is 2.16. The third-order valence-electron chi connectivity index (χ3n) is 5.65. The minimum absolute atomic E-state index is 0.0139. The highest BCUT2D eigenvalue weighted by Gasteiger charge is 2.27. The Morgan fingerprint density at radius 1 is 0.964 bits per heavy atom. The van der Waals surface area contributed by atoms with Gasteiger partial charge in [0.05, 0.1) is 6.54 Å². The van der Waals surface area contributed by atoms with E-state index in [-0.39, 0.29) is 11.8 Å². The number of hydrogen-bond donors (Lipinski definition) is 0. The molecule has 0 N–H and O–H groups in total. The van der Waals surface area contributed by atoms with E-state index in [1.165, 1.54) is 12.8 Å². The molecule has 2 fully saturated rings. The molecule has 6 heteroatoms. The molecule has 3 rings (SSSR count). The number of carbonyl (C=O) groups excluding carboxylic acids is 2. The van der Waals surface area contributed by atoms with Gasteiger partial charge in [0.15, 0.2) is 6.10 Å². The molecule has 6 nitrogen and oxygen atoms in total. The lowest BCUT2D eigenvalue weighted by molar-refractivity contribution is -0.140. The summed E-state index contributed by atoms with van der Waals surface area (Å²) in [7, 11) is 0. The Morgan fingerprint density at radius 2 is 1.64 bits per heavy atom. The first-order valence-electron chi connectivity index (χ1n) is 10.5. The molecular weight excluding hydrogens is 354 g/mol. The maximum absolute atomic E-state index is 12.7. The van der Waals surface area contributed by atoms with Crippen molar-refractivity contribution in [1.29, 1.82) is 0 Å². The third-order valence-corrected chi connectivity index (χ3v) is 5.65. The lowest BCUT2D eigenvalue weighted by Gasteiger charge is -2.36. The van der Waals surface area contributed by atoms with Gasteiger partial charge in [0, 0.05) is 39.3 Å². The highest BCUT2D eigenvalue weighted by molar-refractivity contribution is 5.81. The van der Waals surface area contributed by atoms with Gasteiger partial charge in [-0.05, 0) is 44.4 Å². The zero-order valence-corrected chi connectivity index (χ0v) is 17.2. The van der Waals surface area contributed by atoms with Crippen LogP contribution in [0.15, 0.2) is 24.3 Å². The molecule has 0 radical (unpaired) electrons. The van der Waals surface area contributed by atoms with Crippen molar-refractivity contribution in [2.45, 2.75) is 45.6 Å². The summed E-state index contributed by atoms with van der Waals surface area (Å²) in [4.78, 5) is 31.3. The number of ether oxygens (including phenoxy) is 1. The normalized spacial score (nSPS) is 19.8. The molecule has 0 aromatic heterocycles. The first-order valence-corrected chi connectivity index (χ1v) is 10.5. The zero-order valence-electron chi connectivity index (χ0n) is 17.2. The van der Waals surface area contributed by atoms with Gasteiger partial charge in [-0.1, -0.05) is 25.0 Å². The summed E-state index contributed by atoms with van der Waals surface area (Å²) in [6, 6.07) is 7.76. The molecule has 2 aliphatic heterocycles. The van der Waals surface area contributed by atoms with E-state index in [1.807, 2.05) is 41.0 Å². The Bertz CT molecular complexity index is 663. The fourth-order valence-electron chi connectivity index (χ4n) is 3.94. The van der Waals surface area contributed by atoms with Crippen molar-refractivity contribution in [2.24, 2.45) is 0 Å². The third kappa shape index (κ3) is 5.71. The van der Waals surface area contributed by atoms with Crippen molar-refractivity contribution in [3.8, 4) is 5.75 Å². The molecule has 2 aliphatic rings. The van der Waals surface area contributed by atoms with Gasteiger partial charge < -0.3 is 14.5 Å². The molecule has 28 heavy (non-hydrogen) atoms. The molecule has 1 aromatic carbocycles. The number of amides is 2. The molecule has 2 saturated heterocycles. The van der Waals surface area contributed by atoms with E-state index in [0.29, 0.717) is 19.6 Å². The number of rotatable bonds is 5. The van der Waals surface area contributed by atoms with E-state index in [2.05, 4.69) is 4.90 Å². The molecule has 0 saturated carbocycles. The largest absolute Gasteiger partial charge is 0.481 e. The second kappa shape index (κ2) is 9.92. The summed E-state index contributed by atoms with van der Waals surface area (Å²) in [5.41, 5.74) is 1.11. The number of benzene rings is 1. The first-order chi connectivity index (χ1) is 13.5. The Balaban J connectivity index is 1.43. The molecule has 0 aliphatic carbocycles. The van der Waals surface area contributed by atoms with Crippen molar-refractivity contribution in [2.75, 3.05) is 45.8 Å². The van der Waals surface area contributed by atoms with Crippen LogP contribution in [0.2, 0.25) is 0 Å². The van der Waals surface area contributed by atoms with E-state index in [1.54, 1.807) is 6.92 Å².